The quantitative estimate of drug-likeness (QED) is 0.536. The van der Waals surface area contributed by atoms with Crippen LogP contribution in [0.4, 0.5) is 0 Å². The summed E-state index contributed by atoms with van der Waals surface area (Å²) in [5.74, 6) is -0.806. The molecule has 3 rings (SSSR count). The van der Waals surface area contributed by atoms with Gasteiger partial charge in [-0.2, -0.15) is 0 Å². The van der Waals surface area contributed by atoms with Gasteiger partial charge in [0.25, 0.3) is 5.56 Å². The van der Waals surface area contributed by atoms with Crippen LogP contribution in [0.3, 0.4) is 0 Å². The van der Waals surface area contributed by atoms with E-state index in [1.165, 1.54) is 17.2 Å². The van der Waals surface area contributed by atoms with E-state index in [4.69, 9.17) is 4.74 Å². The summed E-state index contributed by atoms with van der Waals surface area (Å²) < 4.78 is 11.1. The third kappa shape index (κ3) is 2.00. The van der Waals surface area contributed by atoms with Crippen molar-refractivity contribution >= 4 is 17.1 Å². The van der Waals surface area contributed by atoms with Gasteiger partial charge in [-0.1, -0.05) is 0 Å². The monoisotopic (exact) mass is 296 g/mol. The number of aromatic amines is 1. The molecule has 0 aliphatic carbocycles. The highest BCUT2D eigenvalue weighted by molar-refractivity contribution is 5.76. The van der Waals surface area contributed by atoms with Gasteiger partial charge in [-0.25, -0.2) is 14.8 Å². The molecule has 1 fully saturated rings. The largest absolute Gasteiger partial charge is 0.467 e. The molecule has 112 valence electrons. The van der Waals surface area contributed by atoms with E-state index >= 15 is 0 Å². The zero-order valence-corrected chi connectivity index (χ0v) is 10.8. The van der Waals surface area contributed by atoms with E-state index in [9.17, 15) is 19.8 Å². The number of fused-ring (bicyclic) bond motifs is 1. The molecule has 0 unspecified atom stereocenters. The molecule has 3 N–H and O–H groups in total. The van der Waals surface area contributed by atoms with Crippen molar-refractivity contribution in [1.82, 2.24) is 19.5 Å². The Bertz CT molecular complexity index is 740. The minimum atomic E-state index is -1.46. The number of nitrogens with zero attached hydrogens (tertiary/aromatic N) is 3. The lowest BCUT2D eigenvalue weighted by molar-refractivity contribution is -0.158. The predicted molar refractivity (Wildman–Crippen MR) is 66.1 cm³/mol. The number of carbonyl (C=O) groups is 1. The molecule has 2 aromatic heterocycles. The first-order valence-corrected chi connectivity index (χ1v) is 6.04. The Kier molecular flexibility index (Phi) is 3.20. The number of aliphatic hydroxyl groups is 2. The first kappa shape index (κ1) is 13.7. The number of hydrogen-bond donors (Lipinski definition) is 3. The normalized spacial score (nSPS) is 28.9. The molecule has 0 spiro atoms. The van der Waals surface area contributed by atoms with Gasteiger partial charge < -0.3 is 24.7 Å². The van der Waals surface area contributed by atoms with Crippen LogP contribution in [-0.2, 0) is 14.3 Å². The maximum atomic E-state index is 11.6. The molecule has 10 heteroatoms. The van der Waals surface area contributed by atoms with Crippen LogP contribution >= 0.6 is 0 Å². The molecule has 2 aromatic rings. The van der Waals surface area contributed by atoms with Crippen LogP contribution in [0.2, 0.25) is 0 Å². The highest BCUT2D eigenvalue weighted by Gasteiger charge is 2.48. The second-order valence-corrected chi connectivity index (χ2v) is 4.51. The Labute approximate surface area is 117 Å². The fraction of sp³-hybridized carbons (Fsp3) is 0.455. The van der Waals surface area contributed by atoms with E-state index < -0.39 is 36.1 Å². The number of imidazole rings is 1. The summed E-state index contributed by atoms with van der Waals surface area (Å²) in [5.41, 5.74) is -0.221. The van der Waals surface area contributed by atoms with Crippen molar-refractivity contribution in [3.8, 4) is 0 Å². The first-order valence-electron chi connectivity index (χ1n) is 6.04. The van der Waals surface area contributed by atoms with Crippen molar-refractivity contribution in [2.24, 2.45) is 0 Å². The molecule has 4 atom stereocenters. The average molecular weight is 296 g/mol. The molecule has 10 nitrogen and oxygen atoms in total. The number of hydrogen-bond acceptors (Lipinski definition) is 8. The number of aliphatic hydroxyl groups excluding tert-OH is 2. The molecule has 0 saturated carbocycles. The van der Waals surface area contributed by atoms with E-state index in [0.717, 1.165) is 7.11 Å². The molecule has 1 aliphatic heterocycles. The second kappa shape index (κ2) is 4.91. The van der Waals surface area contributed by atoms with Crippen LogP contribution in [0.1, 0.15) is 6.23 Å². The zero-order chi connectivity index (χ0) is 15.1. The number of H-pyrrole nitrogens is 1. The van der Waals surface area contributed by atoms with Crippen LogP contribution in [0.5, 0.6) is 0 Å². The second-order valence-electron chi connectivity index (χ2n) is 4.51. The Morgan fingerprint density at radius 2 is 2.19 bits per heavy atom. The molecule has 0 aromatic carbocycles. The van der Waals surface area contributed by atoms with Crippen molar-refractivity contribution in [3.05, 3.63) is 23.0 Å². The lowest BCUT2D eigenvalue weighted by atomic mass is 10.1. The van der Waals surface area contributed by atoms with Crippen molar-refractivity contribution in [3.63, 3.8) is 0 Å². The molecule has 0 bridgehead atoms. The topological polar surface area (TPSA) is 140 Å². The summed E-state index contributed by atoms with van der Waals surface area (Å²) in [6.07, 6.45) is -2.86. The van der Waals surface area contributed by atoms with E-state index in [1.54, 1.807) is 0 Å². The SMILES string of the molecule is COC(=O)[C@H]1O[C@@H](n2cnc3c(=O)[nH]cnc32)[C@H](O)[C@@H]1O. The Morgan fingerprint density at radius 1 is 1.43 bits per heavy atom. The number of carbonyl (C=O) groups excluding carboxylic acids is 1. The van der Waals surface area contributed by atoms with Crippen LogP contribution in [0, 0.1) is 0 Å². The third-order valence-electron chi connectivity index (χ3n) is 3.31. The number of ether oxygens (including phenoxy) is 2. The van der Waals surface area contributed by atoms with Gasteiger partial charge in [-0.15, -0.1) is 0 Å². The minimum Gasteiger partial charge on any atom is -0.467 e. The lowest BCUT2D eigenvalue weighted by Gasteiger charge is -2.15. The van der Waals surface area contributed by atoms with Crippen molar-refractivity contribution in [2.75, 3.05) is 7.11 Å². The van der Waals surface area contributed by atoms with Crippen molar-refractivity contribution in [2.45, 2.75) is 24.5 Å². The Hall–Kier alpha value is -2.30. The summed E-state index contributed by atoms with van der Waals surface area (Å²) >= 11 is 0. The van der Waals surface area contributed by atoms with Crippen molar-refractivity contribution < 1.29 is 24.5 Å². The van der Waals surface area contributed by atoms with Gasteiger partial charge in [0.2, 0.25) is 0 Å². The molecular formula is C11H12N4O6. The Morgan fingerprint density at radius 3 is 2.90 bits per heavy atom. The van der Waals surface area contributed by atoms with Gasteiger partial charge in [0.15, 0.2) is 23.5 Å². The van der Waals surface area contributed by atoms with Gasteiger partial charge >= 0.3 is 5.97 Å². The van der Waals surface area contributed by atoms with Crippen LogP contribution in [-0.4, -0.2) is 61.1 Å². The summed E-state index contributed by atoms with van der Waals surface area (Å²) in [5, 5.41) is 19.9. The van der Waals surface area contributed by atoms with Gasteiger partial charge in [0, 0.05) is 0 Å². The molecule has 1 saturated heterocycles. The van der Waals surface area contributed by atoms with Gasteiger partial charge in [0.1, 0.15) is 12.2 Å². The van der Waals surface area contributed by atoms with Gasteiger partial charge in [-0.05, 0) is 0 Å². The number of methoxy groups -OCH3 is 1. The number of rotatable bonds is 2. The van der Waals surface area contributed by atoms with E-state index in [-0.39, 0.29) is 11.2 Å². The van der Waals surface area contributed by atoms with Crippen molar-refractivity contribution in [1.29, 1.82) is 0 Å². The zero-order valence-electron chi connectivity index (χ0n) is 10.8. The summed E-state index contributed by atoms with van der Waals surface area (Å²) in [6.45, 7) is 0. The molecule has 3 heterocycles. The summed E-state index contributed by atoms with van der Waals surface area (Å²) in [6, 6.07) is 0. The van der Waals surface area contributed by atoms with Crippen LogP contribution in [0.15, 0.2) is 17.4 Å². The first-order chi connectivity index (χ1) is 10.0. The number of aromatic nitrogens is 4. The smallest absolute Gasteiger partial charge is 0.337 e. The number of esters is 1. The maximum Gasteiger partial charge on any atom is 0.337 e. The molecular weight excluding hydrogens is 284 g/mol. The fourth-order valence-electron chi connectivity index (χ4n) is 2.25. The van der Waals surface area contributed by atoms with Gasteiger partial charge in [0.05, 0.1) is 19.8 Å². The van der Waals surface area contributed by atoms with Crippen LogP contribution < -0.4 is 5.56 Å². The highest BCUT2D eigenvalue weighted by Crippen LogP contribution is 2.31. The van der Waals surface area contributed by atoms with E-state index in [0.29, 0.717) is 0 Å². The van der Waals surface area contributed by atoms with Crippen LogP contribution in [0.25, 0.3) is 11.2 Å². The third-order valence-corrected chi connectivity index (χ3v) is 3.31. The van der Waals surface area contributed by atoms with E-state index in [1.807, 2.05) is 0 Å². The standard InChI is InChI=1S/C11H12N4O6/c1-20-11(19)7-5(16)6(17)10(21-7)15-3-14-4-8(15)12-2-13-9(4)18/h2-3,5-7,10,16-17H,1H3,(H,12,13,18)/t5-,6+,7-,10+/m0/s1. The number of nitrogens with one attached hydrogen (secondary N) is 1. The maximum absolute atomic E-state index is 11.6. The Balaban J connectivity index is 2.02. The molecule has 21 heavy (non-hydrogen) atoms. The fourth-order valence-corrected chi connectivity index (χ4v) is 2.25. The average Bonchev–Trinajstić information content (AvgIpc) is 3.02. The molecule has 1 aliphatic rings. The van der Waals surface area contributed by atoms with Gasteiger partial charge in [-0.3, -0.25) is 9.36 Å². The van der Waals surface area contributed by atoms with E-state index in [2.05, 4.69) is 19.7 Å². The summed E-state index contributed by atoms with van der Waals surface area (Å²) in [7, 11) is 1.14. The molecule has 0 radical (unpaired) electrons. The molecule has 0 amide bonds. The predicted octanol–water partition coefficient (Wildman–Crippen LogP) is -2.09. The summed E-state index contributed by atoms with van der Waals surface area (Å²) in [4.78, 5) is 33.3. The minimum absolute atomic E-state index is 0.0595. The lowest BCUT2D eigenvalue weighted by Crippen LogP contribution is -2.36. The highest BCUT2D eigenvalue weighted by atomic mass is 16.6.